The predicted octanol–water partition coefficient (Wildman–Crippen LogP) is 3.24. The van der Waals surface area contributed by atoms with Crippen LogP contribution in [0.25, 0.3) is 11.4 Å². The van der Waals surface area contributed by atoms with Crippen LogP contribution in [0.15, 0.2) is 41.1 Å². The largest absolute Gasteiger partial charge is 0.337 e. The first-order valence-electron chi connectivity index (χ1n) is 8.91. The first-order chi connectivity index (χ1) is 12.7. The molecule has 0 bridgehead atoms. The van der Waals surface area contributed by atoms with Crippen LogP contribution in [0.2, 0.25) is 0 Å². The molecule has 134 valence electrons. The molecular formula is C19H21N5O2. The molecule has 1 fully saturated rings. The van der Waals surface area contributed by atoms with Crippen molar-refractivity contribution < 1.29 is 9.32 Å². The molecule has 2 aromatic heterocycles. The highest BCUT2D eigenvalue weighted by molar-refractivity contribution is 5.92. The summed E-state index contributed by atoms with van der Waals surface area (Å²) >= 11 is 0. The Morgan fingerprint density at radius 1 is 1.27 bits per heavy atom. The number of carbonyl (C=O) groups is 1. The minimum absolute atomic E-state index is 0.0882. The minimum atomic E-state index is -0.194. The van der Waals surface area contributed by atoms with Crippen LogP contribution in [-0.4, -0.2) is 37.3 Å². The van der Waals surface area contributed by atoms with Crippen molar-refractivity contribution in [3.63, 3.8) is 0 Å². The summed E-state index contributed by atoms with van der Waals surface area (Å²) in [5.41, 5.74) is 2.54. The van der Waals surface area contributed by atoms with Gasteiger partial charge in [-0.25, -0.2) is 0 Å². The second-order valence-electron chi connectivity index (χ2n) is 6.54. The number of nitrogens with zero attached hydrogens (tertiary/aromatic N) is 5. The van der Waals surface area contributed by atoms with Crippen LogP contribution in [0.1, 0.15) is 47.7 Å². The Morgan fingerprint density at radius 2 is 2.08 bits per heavy atom. The van der Waals surface area contributed by atoms with Crippen LogP contribution in [0.5, 0.6) is 0 Å². The summed E-state index contributed by atoms with van der Waals surface area (Å²) in [5.74, 6) is 0.950. The summed E-state index contributed by atoms with van der Waals surface area (Å²) < 4.78 is 7.25. The van der Waals surface area contributed by atoms with E-state index >= 15 is 0 Å². The van der Waals surface area contributed by atoms with Gasteiger partial charge in [0.1, 0.15) is 11.7 Å². The van der Waals surface area contributed by atoms with Crippen molar-refractivity contribution in [2.75, 3.05) is 6.54 Å². The Kier molecular flexibility index (Phi) is 4.28. The average molecular weight is 351 g/mol. The maximum atomic E-state index is 12.8. The Morgan fingerprint density at radius 3 is 2.81 bits per heavy atom. The molecule has 1 saturated heterocycles. The van der Waals surface area contributed by atoms with E-state index in [1.54, 1.807) is 15.6 Å². The lowest BCUT2D eigenvalue weighted by atomic mass is 10.1. The number of benzene rings is 1. The van der Waals surface area contributed by atoms with Gasteiger partial charge in [-0.05, 0) is 32.8 Å². The Balaban J connectivity index is 1.57. The first-order valence-corrected chi connectivity index (χ1v) is 8.91. The van der Waals surface area contributed by atoms with Crippen LogP contribution in [0.3, 0.4) is 0 Å². The van der Waals surface area contributed by atoms with Gasteiger partial charge >= 0.3 is 0 Å². The first kappa shape index (κ1) is 16.5. The molecule has 0 radical (unpaired) electrons. The van der Waals surface area contributed by atoms with E-state index in [4.69, 9.17) is 4.52 Å². The van der Waals surface area contributed by atoms with Gasteiger partial charge in [-0.3, -0.25) is 9.48 Å². The van der Waals surface area contributed by atoms with E-state index in [-0.39, 0.29) is 11.9 Å². The van der Waals surface area contributed by atoms with Crippen molar-refractivity contribution in [3.05, 3.63) is 53.7 Å². The predicted molar refractivity (Wildman–Crippen MR) is 95.4 cm³/mol. The molecule has 1 atom stereocenters. The fourth-order valence-corrected chi connectivity index (χ4v) is 3.26. The molecule has 3 aromatic rings. The van der Waals surface area contributed by atoms with Gasteiger partial charge in [-0.1, -0.05) is 35.0 Å². The Hall–Kier alpha value is -2.96. The van der Waals surface area contributed by atoms with E-state index in [0.717, 1.165) is 24.9 Å². The van der Waals surface area contributed by atoms with Gasteiger partial charge in [0.05, 0.1) is 0 Å². The third-order valence-electron chi connectivity index (χ3n) is 4.73. The van der Waals surface area contributed by atoms with Crippen molar-refractivity contribution >= 4 is 5.91 Å². The number of rotatable bonds is 4. The fraction of sp³-hybridized carbons (Fsp3) is 0.368. The molecule has 0 unspecified atom stereocenters. The number of likely N-dealkylation sites (tertiary alicyclic amines) is 1. The van der Waals surface area contributed by atoms with Gasteiger partial charge in [0.25, 0.3) is 5.91 Å². The molecule has 1 aliphatic heterocycles. The quantitative estimate of drug-likeness (QED) is 0.721. The van der Waals surface area contributed by atoms with Crippen molar-refractivity contribution in [2.45, 2.75) is 39.3 Å². The molecule has 26 heavy (non-hydrogen) atoms. The second kappa shape index (κ2) is 6.74. The lowest BCUT2D eigenvalue weighted by Crippen LogP contribution is -2.31. The molecule has 0 saturated carbocycles. The Bertz CT molecular complexity index is 912. The van der Waals surface area contributed by atoms with Crippen LogP contribution >= 0.6 is 0 Å². The Labute approximate surface area is 151 Å². The van der Waals surface area contributed by atoms with Crippen molar-refractivity contribution in [1.29, 1.82) is 0 Å². The zero-order valence-corrected chi connectivity index (χ0v) is 14.9. The summed E-state index contributed by atoms with van der Waals surface area (Å²) in [6.07, 6.45) is 3.55. The third-order valence-corrected chi connectivity index (χ3v) is 4.73. The topological polar surface area (TPSA) is 77.0 Å². The molecule has 4 rings (SSSR count). The maximum absolute atomic E-state index is 12.8. The number of hydrogen-bond acceptors (Lipinski definition) is 5. The van der Waals surface area contributed by atoms with Crippen molar-refractivity contribution in [2.24, 2.45) is 0 Å². The lowest BCUT2D eigenvalue weighted by molar-refractivity contribution is 0.0703. The highest BCUT2D eigenvalue weighted by Gasteiger charge is 2.35. The zero-order valence-electron chi connectivity index (χ0n) is 14.9. The molecule has 3 heterocycles. The van der Waals surface area contributed by atoms with Crippen LogP contribution in [-0.2, 0) is 6.54 Å². The molecule has 0 N–H and O–H groups in total. The summed E-state index contributed by atoms with van der Waals surface area (Å²) in [6, 6.07) is 9.53. The van der Waals surface area contributed by atoms with E-state index < -0.39 is 0 Å². The summed E-state index contributed by atoms with van der Waals surface area (Å²) in [5, 5.41) is 8.42. The molecule has 0 spiro atoms. The van der Waals surface area contributed by atoms with Gasteiger partial charge < -0.3 is 9.42 Å². The van der Waals surface area contributed by atoms with Crippen LogP contribution in [0.4, 0.5) is 0 Å². The number of aryl methyl sites for hydroxylation is 2. The normalized spacial score (nSPS) is 17.0. The van der Waals surface area contributed by atoms with Crippen LogP contribution in [0, 0.1) is 6.92 Å². The molecule has 0 aliphatic carbocycles. The van der Waals surface area contributed by atoms with Gasteiger partial charge in [-0.15, -0.1) is 0 Å². The van der Waals surface area contributed by atoms with Gasteiger partial charge in [0, 0.05) is 24.8 Å². The van der Waals surface area contributed by atoms with Gasteiger partial charge in [0.15, 0.2) is 0 Å². The summed E-state index contributed by atoms with van der Waals surface area (Å²) in [6.45, 7) is 5.43. The zero-order chi connectivity index (χ0) is 18.1. The number of amides is 1. The number of carbonyl (C=O) groups excluding carboxylic acids is 1. The highest BCUT2D eigenvalue weighted by atomic mass is 16.5. The SMILES string of the molecule is CCn1ccc(C(=O)N2CCC[C@@H]2c2nc(-c3ccc(C)cc3)no2)n1. The average Bonchev–Trinajstić information content (AvgIpc) is 3.40. The van der Waals surface area contributed by atoms with E-state index in [2.05, 4.69) is 15.2 Å². The highest BCUT2D eigenvalue weighted by Crippen LogP contribution is 2.33. The van der Waals surface area contributed by atoms with Crippen molar-refractivity contribution in [1.82, 2.24) is 24.8 Å². The molecule has 1 aliphatic rings. The summed E-state index contributed by atoms with van der Waals surface area (Å²) in [4.78, 5) is 19.2. The molecule has 1 aromatic carbocycles. The third kappa shape index (κ3) is 3.00. The minimum Gasteiger partial charge on any atom is -0.337 e. The van der Waals surface area contributed by atoms with Crippen molar-refractivity contribution in [3.8, 4) is 11.4 Å². The lowest BCUT2D eigenvalue weighted by Gasteiger charge is -2.20. The molecule has 7 heteroatoms. The molecular weight excluding hydrogens is 330 g/mol. The molecule has 7 nitrogen and oxygen atoms in total. The maximum Gasteiger partial charge on any atom is 0.275 e. The number of hydrogen-bond donors (Lipinski definition) is 0. The van der Waals surface area contributed by atoms with Gasteiger partial charge in [-0.2, -0.15) is 10.1 Å². The van der Waals surface area contributed by atoms with E-state index in [0.29, 0.717) is 24.0 Å². The fourth-order valence-electron chi connectivity index (χ4n) is 3.26. The summed E-state index contributed by atoms with van der Waals surface area (Å²) in [7, 11) is 0. The van der Waals surface area contributed by atoms with Crippen LogP contribution < -0.4 is 0 Å². The van der Waals surface area contributed by atoms with Gasteiger partial charge in [0.2, 0.25) is 11.7 Å². The number of aromatic nitrogens is 4. The smallest absolute Gasteiger partial charge is 0.275 e. The second-order valence-corrected chi connectivity index (χ2v) is 6.54. The van der Waals surface area contributed by atoms with E-state index in [9.17, 15) is 4.79 Å². The van der Waals surface area contributed by atoms with E-state index in [1.807, 2.05) is 44.3 Å². The van der Waals surface area contributed by atoms with E-state index in [1.165, 1.54) is 5.56 Å². The molecule has 1 amide bonds. The standard InChI is InChI=1S/C19H21N5O2/c1-3-23-12-10-15(21-23)19(25)24-11-4-5-16(24)18-20-17(22-26-18)14-8-6-13(2)7-9-14/h6-10,12,16H,3-5,11H2,1-2H3/t16-/m1/s1. The monoisotopic (exact) mass is 351 g/mol.